The Balaban J connectivity index is 1.36. The normalized spacial score (nSPS) is 16.8. The number of carbonyl (C=O) groups excluding carboxylic acids is 1. The smallest absolute Gasteiger partial charge is 0.195 e. The maximum Gasteiger partial charge on any atom is 0.195 e. The second-order valence-corrected chi connectivity index (χ2v) is 10.9. The van der Waals surface area contributed by atoms with Crippen molar-refractivity contribution in [3.05, 3.63) is 94.8 Å². The van der Waals surface area contributed by atoms with Crippen molar-refractivity contribution in [1.82, 2.24) is 9.88 Å². The van der Waals surface area contributed by atoms with Crippen molar-refractivity contribution in [1.29, 1.82) is 0 Å². The molecule has 1 aliphatic heterocycles. The maximum atomic E-state index is 14.1. The van der Waals surface area contributed by atoms with Gasteiger partial charge in [0.1, 0.15) is 17.4 Å². The third-order valence-corrected chi connectivity index (χ3v) is 7.44. The highest BCUT2D eigenvalue weighted by atomic mass is 19.1. The molecule has 3 aromatic rings. The van der Waals surface area contributed by atoms with Crippen LogP contribution in [0.4, 0.5) is 8.78 Å². The number of hydrogen-bond donors (Lipinski definition) is 0. The Morgan fingerprint density at radius 3 is 2.32 bits per heavy atom. The van der Waals surface area contributed by atoms with Crippen LogP contribution in [0.25, 0.3) is 11.1 Å². The number of aromatic nitrogens is 1. The standard InChI is InChI=1S/C31H32F2N2O2/c1-31(2,3)35-12-8-20(9-13-35)10-14-37-25-6-7-26-27(18-25)30(36)29(21-5-4-11-34-19-21)28(26)22-15-23(32)17-24(33)16-22/h4-7,11,15-20H,8-10,12-14H2,1-3H3. The van der Waals surface area contributed by atoms with Crippen LogP contribution in [0.15, 0.2) is 60.9 Å². The van der Waals surface area contributed by atoms with Gasteiger partial charge in [0.15, 0.2) is 5.78 Å². The lowest BCUT2D eigenvalue weighted by Crippen LogP contribution is -2.46. The molecule has 1 saturated heterocycles. The topological polar surface area (TPSA) is 42.4 Å². The van der Waals surface area contributed by atoms with Gasteiger partial charge in [-0.15, -0.1) is 0 Å². The summed E-state index contributed by atoms with van der Waals surface area (Å²) in [7, 11) is 0. The predicted octanol–water partition coefficient (Wildman–Crippen LogP) is 6.79. The summed E-state index contributed by atoms with van der Waals surface area (Å²) in [6.45, 7) is 9.57. The molecular weight excluding hydrogens is 470 g/mol. The first kappa shape index (κ1) is 25.3. The van der Waals surface area contributed by atoms with E-state index in [1.807, 2.05) is 12.1 Å². The molecule has 0 N–H and O–H groups in total. The number of ether oxygens (including phenoxy) is 1. The number of piperidine rings is 1. The number of likely N-dealkylation sites (tertiary alicyclic amines) is 1. The Labute approximate surface area is 217 Å². The number of pyridine rings is 1. The van der Waals surface area contributed by atoms with Crippen molar-refractivity contribution < 1.29 is 18.3 Å². The number of rotatable bonds is 6. The van der Waals surface area contributed by atoms with E-state index in [2.05, 4.69) is 30.7 Å². The Hall–Kier alpha value is -3.38. The first-order chi connectivity index (χ1) is 17.7. The number of fused-ring (bicyclic) bond motifs is 1. The van der Waals surface area contributed by atoms with Crippen LogP contribution in [0.1, 0.15) is 67.1 Å². The molecule has 0 bridgehead atoms. The van der Waals surface area contributed by atoms with E-state index in [4.69, 9.17) is 4.74 Å². The van der Waals surface area contributed by atoms with Gasteiger partial charge in [0, 0.05) is 46.3 Å². The Morgan fingerprint density at radius 1 is 0.946 bits per heavy atom. The molecule has 0 spiro atoms. The van der Waals surface area contributed by atoms with Gasteiger partial charge in [0.2, 0.25) is 0 Å². The molecule has 192 valence electrons. The summed E-state index contributed by atoms with van der Waals surface area (Å²) in [6.07, 6.45) is 6.51. The Bertz CT molecular complexity index is 1320. The zero-order valence-electron chi connectivity index (χ0n) is 21.6. The van der Waals surface area contributed by atoms with E-state index in [-0.39, 0.29) is 11.3 Å². The second-order valence-electron chi connectivity index (χ2n) is 10.9. The van der Waals surface area contributed by atoms with E-state index in [0.717, 1.165) is 38.4 Å². The Kier molecular flexibility index (Phi) is 6.95. The summed E-state index contributed by atoms with van der Waals surface area (Å²) in [6, 6.07) is 12.3. The zero-order valence-corrected chi connectivity index (χ0v) is 21.6. The van der Waals surface area contributed by atoms with Gasteiger partial charge in [-0.05, 0) is 107 Å². The van der Waals surface area contributed by atoms with Crippen LogP contribution in [0, 0.1) is 17.6 Å². The van der Waals surface area contributed by atoms with Crippen LogP contribution in [-0.2, 0) is 0 Å². The van der Waals surface area contributed by atoms with Crippen molar-refractivity contribution in [3.63, 3.8) is 0 Å². The van der Waals surface area contributed by atoms with Gasteiger partial charge in [-0.1, -0.05) is 6.07 Å². The lowest BCUT2D eigenvalue weighted by atomic mass is 9.91. The van der Waals surface area contributed by atoms with Crippen molar-refractivity contribution in [2.24, 2.45) is 5.92 Å². The molecule has 0 unspecified atom stereocenters. The number of carbonyl (C=O) groups is 1. The van der Waals surface area contributed by atoms with Gasteiger partial charge < -0.3 is 4.74 Å². The third-order valence-electron chi connectivity index (χ3n) is 7.44. The Morgan fingerprint density at radius 2 is 1.68 bits per heavy atom. The van der Waals surface area contributed by atoms with Gasteiger partial charge in [-0.25, -0.2) is 8.78 Å². The minimum atomic E-state index is -0.692. The summed E-state index contributed by atoms with van der Waals surface area (Å²) in [4.78, 5) is 20.3. The van der Waals surface area contributed by atoms with E-state index in [1.54, 1.807) is 30.6 Å². The molecule has 6 heteroatoms. The average molecular weight is 503 g/mol. The molecule has 0 saturated carbocycles. The first-order valence-corrected chi connectivity index (χ1v) is 12.9. The minimum Gasteiger partial charge on any atom is -0.494 e. The summed E-state index contributed by atoms with van der Waals surface area (Å²) >= 11 is 0. The quantitative estimate of drug-likeness (QED) is 0.372. The summed E-state index contributed by atoms with van der Waals surface area (Å²) in [5.74, 6) is -0.341. The molecule has 2 aromatic carbocycles. The first-order valence-electron chi connectivity index (χ1n) is 12.9. The lowest BCUT2D eigenvalue weighted by Gasteiger charge is -2.40. The predicted molar refractivity (Wildman–Crippen MR) is 141 cm³/mol. The zero-order chi connectivity index (χ0) is 26.2. The molecule has 4 nitrogen and oxygen atoms in total. The minimum absolute atomic E-state index is 0.206. The molecule has 1 fully saturated rings. The molecule has 37 heavy (non-hydrogen) atoms. The summed E-state index contributed by atoms with van der Waals surface area (Å²) in [5, 5.41) is 0. The third kappa shape index (κ3) is 5.35. The highest BCUT2D eigenvalue weighted by Crippen LogP contribution is 2.43. The monoisotopic (exact) mass is 502 g/mol. The molecule has 2 heterocycles. The van der Waals surface area contributed by atoms with Gasteiger partial charge in [-0.2, -0.15) is 0 Å². The van der Waals surface area contributed by atoms with Gasteiger partial charge in [0.25, 0.3) is 0 Å². The fourth-order valence-electron chi connectivity index (χ4n) is 5.42. The number of hydrogen-bond acceptors (Lipinski definition) is 4. The average Bonchev–Trinajstić information content (AvgIpc) is 3.15. The van der Waals surface area contributed by atoms with Gasteiger partial charge in [0.05, 0.1) is 6.61 Å². The number of nitrogens with zero attached hydrogens (tertiary/aromatic N) is 2. The molecule has 5 rings (SSSR count). The van der Waals surface area contributed by atoms with Crippen LogP contribution in [-0.4, -0.2) is 40.9 Å². The number of halogens is 2. The maximum absolute atomic E-state index is 14.1. The molecular formula is C31H32F2N2O2. The van der Waals surface area contributed by atoms with E-state index >= 15 is 0 Å². The number of Topliss-reactive ketones (excluding diaryl/α,β-unsaturated/α-hetero) is 1. The van der Waals surface area contributed by atoms with Crippen LogP contribution >= 0.6 is 0 Å². The summed E-state index contributed by atoms with van der Waals surface area (Å²) in [5.41, 5.74) is 3.12. The largest absolute Gasteiger partial charge is 0.494 e. The highest BCUT2D eigenvalue weighted by Gasteiger charge is 2.32. The fourth-order valence-corrected chi connectivity index (χ4v) is 5.42. The van der Waals surface area contributed by atoms with E-state index < -0.39 is 11.6 Å². The fraction of sp³-hybridized carbons (Fsp3) is 0.355. The van der Waals surface area contributed by atoms with Crippen molar-refractivity contribution >= 4 is 16.9 Å². The SMILES string of the molecule is CC(C)(C)N1CCC(CCOc2ccc3c(c2)C(=O)C(c2cccnc2)=C3c2cc(F)cc(F)c2)CC1. The van der Waals surface area contributed by atoms with Gasteiger partial charge >= 0.3 is 0 Å². The molecule has 2 aliphatic rings. The van der Waals surface area contributed by atoms with E-state index in [0.29, 0.717) is 51.7 Å². The number of benzene rings is 2. The van der Waals surface area contributed by atoms with Crippen molar-refractivity contribution in [2.75, 3.05) is 19.7 Å². The highest BCUT2D eigenvalue weighted by molar-refractivity contribution is 6.41. The van der Waals surface area contributed by atoms with E-state index in [1.165, 1.54) is 12.1 Å². The van der Waals surface area contributed by atoms with Crippen LogP contribution in [0.5, 0.6) is 5.75 Å². The second kappa shape index (κ2) is 10.2. The molecule has 1 aliphatic carbocycles. The summed E-state index contributed by atoms with van der Waals surface area (Å²) < 4.78 is 34.4. The molecule has 0 atom stereocenters. The van der Waals surface area contributed by atoms with Crippen molar-refractivity contribution in [2.45, 2.75) is 45.6 Å². The molecule has 0 radical (unpaired) electrons. The van der Waals surface area contributed by atoms with Crippen LogP contribution in [0.3, 0.4) is 0 Å². The van der Waals surface area contributed by atoms with Crippen molar-refractivity contribution in [3.8, 4) is 5.75 Å². The number of ketones is 1. The van der Waals surface area contributed by atoms with Crippen LogP contribution in [0.2, 0.25) is 0 Å². The number of allylic oxidation sites excluding steroid dienone is 1. The van der Waals surface area contributed by atoms with E-state index in [9.17, 15) is 13.6 Å². The lowest BCUT2D eigenvalue weighted by molar-refractivity contribution is 0.0810. The van der Waals surface area contributed by atoms with Gasteiger partial charge in [-0.3, -0.25) is 14.7 Å². The molecule has 1 aromatic heterocycles. The van der Waals surface area contributed by atoms with Crippen LogP contribution < -0.4 is 4.74 Å². The molecule has 0 amide bonds.